The van der Waals surface area contributed by atoms with Crippen molar-refractivity contribution in [3.05, 3.63) is 47.5 Å². The number of methoxy groups -OCH3 is 1. The second kappa shape index (κ2) is 12.2. The Morgan fingerprint density at radius 1 is 1.30 bits per heavy atom. The van der Waals surface area contributed by atoms with Gasteiger partial charge in [0.1, 0.15) is 28.5 Å². The number of alkyl halides is 4. The van der Waals surface area contributed by atoms with E-state index in [1.807, 2.05) is 11.9 Å². The number of carbonyl (C=O) groups is 1. The highest BCUT2D eigenvalue weighted by Gasteiger charge is 2.34. The van der Waals surface area contributed by atoms with Gasteiger partial charge < -0.3 is 25.6 Å². The molecular formula is C26H27F5N6O2S. The highest BCUT2D eigenvalue weighted by Crippen LogP contribution is 2.39. The Morgan fingerprint density at radius 2 is 2.08 bits per heavy atom. The minimum absolute atomic E-state index is 0.0939. The van der Waals surface area contributed by atoms with Crippen LogP contribution in [-0.4, -0.2) is 78.8 Å². The number of aromatic nitrogens is 2. The molecule has 0 unspecified atom stereocenters. The summed E-state index contributed by atoms with van der Waals surface area (Å²) in [5, 5.41) is 8.04. The molecule has 14 heteroatoms. The van der Waals surface area contributed by atoms with E-state index in [0.29, 0.717) is 18.7 Å². The maximum Gasteiger partial charge on any atom is 0.447 e. The summed E-state index contributed by atoms with van der Waals surface area (Å²) in [4.78, 5) is 18.1. The van der Waals surface area contributed by atoms with Gasteiger partial charge in [-0.3, -0.25) is 9.20 Å². The summed E-state index contributed by atoms with van der Waals surface area (Å²) in [5.74, 6) is 4.13. The zero-order chi connectivity index (χ0) is 29.0. The molecule has 0 bridgehead atoms. The normalized spacial score (nSPS) is 17.7. The molecule has 8 nitrogen and oxygen atoms in total. The average molecular weight is 583 g/mol. The molecule has 0 aliphatic carbocycles. The number of piperidine rings is 1. The minimum Gasteiger partial charge on any atom is -0.495 e. The zero-order valence-electron chi connectivity index (χ0n) is 21.8. The van der Waals surface area contributed by atoms with Crippen LogP contribution in [0.2, 0.25) is 0 Å². The lowest BCUT2D eigenvalue weighted by molar-refractivity contribution is -0.0330. The van der Waals surface area contributed by atoms with E-state index in [-0.39, 0.29) is 58.2 Å². The van der Waals surface area contributed by atoms with E-state index in [2.05, 4.69) is 32.8 Å². The summed E-state index contributed by atoms with van der Waals surface area (Å²) in [7, 11) is 4.54. The van der Waals surface area contributed by atoms with E-state index in [4.69, 9.17) is 4.74 Å². The smallest absolute Gasteiger partial charge is 0.447 e. The second-order valence-electron chi connectivity index (χ2n) is 9.01. The first-order valence-corrected chi connectivity index (χ1v) is 13.0. The molecule has 0 radical (unpaired) electrons. The molecule has 1 fully saturated rings. The molecule has 3 aromatic rings. The fourth-order valence-corrected chi connectivity index (χ4v) is 4.96. The lowest BCUT2D eigenvalue weighted by Crippen LogP contribution is -2.46. The third-order valence-electron chi connectivity index (χ3n) is 6.24. The lowest BCUT2D eigenvalue weighted by Gasteiger charge is -2.33. The number of ether oxygens (including phenoxy) is 1. The number of halogens is 5. The number of carbonyl (C=O) groups excluding carboxylic acids is 1. The maximum absolute atomic E-state index is 14.6. The van der Waals surface area contributed by atoms with Crippen LogP contribution in [0.25, 0.3) is 5.65 Å². The first-order valence-electron chi connectivity index (χ1n) is 12.2. The van der Waals surface area contributed by atoms with Gasteiger partial charge in [0.2, 0.25) is 0 Å². The first kappa shape index (κ1) is 29.3. The van der Waals surface area contributed by atoms with Crippen molar-refractivity contribution >= 4 is 34.7 Å². The Morgan fingerprint density at radius 3 is 2.75 bits per heavy atom. The molecule has 3 N–H and O–H groups in total. The number of likely N-dealkylation sites (tertiary alicyclic amines) is 1. The predicted octanol–water partition coefficient (Wildman–Crippen LogP) is 4.37. The van der Waals surface area contributed by atoms with Gasteiger partial charge in [-0.25, -0.2) is 13.8 Å². The van der Waals surface area contributed by atoms with Gasteiger partial charge in [-0.15, -0.1) is 0 Å². The quantitative estimate of drug-likeness (QED) is 0.217. The predicted molar refractivity (Wildman–Crippen MR) is 143 cm³/mol. The van der Waals surface area contributed by atoms with Gasteiger partial charge in [0, 0.05) is 44.2 Å². The number of pyridine rings is 1. The van der Waals surface area contributed by atoms with E-state index >= 15 is 0 Å². The van der Waals surface area contributed by atoms with Crippen molar-refractivity contribution in [1.29, 1.82) is 0 Å². The number of fused-ring (bicyclic) bond motifs is 1. The molecule has 2 aromatic heterocycles. The van der Waals surface area contributed by atoms with Gasteiger partial charge >= 0.3 is 5.51 Å². The average Bonchev–Trinajstić information content (AvgIpc) is 3.24. The molecule has 40 heavy (non-hydrogen) atoms. The number of nitrogens with one attached hydrogen (secondary N) is 3. The van der Waals surface area contributed by atoms with Gasteiger partial charge in [0.05, 0.1) is 36.6 Å². The van der Waals surface area contributed by atoms with Crippen molar-refractivity contribution in [2.45, 2.75) is 29.2 Å². The van der Waals surface area contributed by atoms with Gasteiger partial charge in [0.15, 0.2) is 5.65 Å². The molecule has 1 aliphatic heterocycles. The van der Waals surface area contributed by atoms with E-state index in [1.54, 1.807) is 12.1 Å². The fraction of sp³-hybridized carbons (Fsp3) is 0.385. The van der Waals surface area contributed by atoms with Gasteiger partial charge in [-0.2, -0.15) is 13.2 Å². The second-order valence-corrected chi connectivity index (χ2v) is 10.1. The summed E-state index contributed by atoms with van der Waals surface area (Å²) < 4.78 is 75.9. The van der Waals surface area contributed by atoms with Crippen LogP contribution in [0.4, 0.5) is 33.3 Å². The number of rotatable bonds is 7. The molecule has 1 aromatic carbocycles. The van der Waals surface area contributed by atoms with Crippen LogP contribution >= 0.6 is 11.8 Å². The van der Waals surface area contributed by atoms with E-state index in [1.165, 1.54) is 30.8 Å². The van der Waals surface area contributed by atoms with Crippen LogP contribution in [0.3, 0.4) is 0 Å². The van der Waals surface area contributed by atoms with Crippen LogP contribution in [0.1, 0.15) is 22.5 Å². The highest BCUT2D eigenvalue weighted by atomic mass is 32.2. The van der Waals surface area contributed by atoms with Crippen LogP contribution in [0.15, 0.2) is 35.5 Å². The summed E-state index contributed by atoms with van der Waals surface area (Å²) >= 11 is -0.350. The molecule has 1 saturated heterocycles. The van der Waals surface area contributed by atoms with E-state index in [9.17, 15) is 26.7 Å². The Labute approximate surface area is 231 Å². The summed E-state index contributed by atoms with van der Waals surface area (Å²) in [5.41, 5.74) is -4.15. The Bertz CT molecular complexity index is 1450. The summed E-state index contributed by atoms with van der Waals surface area (Å²) in [6.45, 7) is 0.832. The van der Waals surface area contributed by atoms with Gasteiger partial charge in [-0.1, -0.05) is 5.92 Å². The largest absolute Gasteiger partial charge is 0.495 e. The SMILES string of the molecule is CNC(=O)c1cc(OC)c(NCC#Cc2nc3c(N[C@@H]4CCN(C)C[C@@H]4F)cccn3c2SC(F)(F)F)cc1F. The van der Waals surface area contributed by atoms with Crippen molar-refractivity contribution in [1.82, 2.24) is 19.6 Å². The lowest BCUT2D eigenvalue weighted by atomic mass is 10.0. The number of anilines is 2. The van der Waals surface area contributed by atoms with E-state index < -0.39 is 29.4 Å². The third-order valence-corrected chi connectivity index (χ3v) is 7.05. The zero-order valence-corrected chi connectivity index (χ0v) is 22.6. The monoisotopic (exact) mass is 582 g/mol. The molecule has 2 atom stereocenters. The number of benzene rings is 1. The van der Waals surface area contributed by atoms with Gasteiger partial charge in [-0.05, 0) is 37.6 Å². The first-order chi connectivity index (χ1) is 19.0. The summed E-state index contributed by atoms with van der Waals surface area (Å²) in [6.07, 6.45) is 0.806. The molecule has 1 amide bonds. The molecule has 1 aliphatic rings. The van der Waals surface area contributed by atoms with Crippen molar-refractivity contribution in [2.75, 3.05) is 51.5 Å². The molecule has 3 heterocycles. The summed E-state index contributed by atoms with van der Waals surface area (Å²) in [6, 6.07) is 4.98. The molecular weight excluding hydrogens is 555 g/mol. The third kappa shape index (κ3) is 6.71. The minimum atomic E-state index is -4.61. The number of imidazole rings is 1. The van der Waals surface area contributed by atoms with Crippen LogP contribution in [-0.2, 0) is 0 Å². The van der Waals surface area contributed by atoms with Crippen molar-refractivity contribution < 1.29 is 31.5 Å². The molecule has 0 spiro atoms. The topological polar surface area (TPSA) is 82.9 Å². The van der Waals surface area contributed by atoms with Crippen LogP contribution < -0.4 is 20.7 Å². The standard InChI is InChI=1S/C26H27F5N6O2S/c1-32-24(38)15-12-22(39-3)21(13-16(15)27)33-9-4-6-20-25(40-26(29,30)31)37-10-5-7-19(23(37)35-20)34-18-8-11-36(2)14-17(18)28/h5,7,10,12-13,17-18,33-34H,8-9,11,14H2,1-3H3,(H,32,38)/t17-,18+/m0/s1. The molecule has 214 valence electrons. The number of hydrogen-bond donors (Lipinski definition) is 3. The maximum atomic E-state index is 14.6. The number of amides is 1. The van der Waals surface area contributed by atoms with Crippen LogP contribution in [0.5, 0.6) is 5.75 Å². The molecule has 0 saturated carbocycles. The molecule has 4 rings (SSSR count). The Balaban J connectivity index is 1.61. The Kier molecular flexibility index (Phi) is 8.95. The Hall–Kier alpha value is -3.70. The van der Waals surface area contributed by atoms with E-state index in [0.717, 1.165) is 6.07 Å². The number of thioether (sulfide) groups is 1. The van der Waals surface area contributed by atoms with Crippen molar-refractivity contribution in [3.63, 3.8) is 0 Å². The van der Waals surface area contributed by atoms with Crippen LogP contribution in [0, 0.1) is 17.7 Å². The van der Waals surface area contributed by atoms with Gasteiger partial charge in [0.25, 0.3) is 5.91 Å². The highest BCUT2D eigenvalue weighted by molar-refractivity contribution is 8.00. The van der Waals surface area contributed by atoms with Crippen molar-refractivity contribution in [3.8, 4) is 17.6 Å². The number of nitrogens with zero attached hydrogens (tertiary/aromatic N) is 3. The fourth-order valence-electron chi connectivity index (χ4n) is 4.30. The number of hydrogen-bond acceptors (Lipinski definition) is 7. The van der Waals surface area contributed by atoms with Crippen molar-refractivity contribution in [2.24, 2.45) is 0 Å².